The van der Waals surface area contributed by atoms with E-state index in [0.29, 0.717) is 11.9 Å². The van der Waals surface area contributed by atoms with Crippen molar-refractivity contribution in [1.29, 1.82) is 0 Å². The monoisotopic (exact) mass is 279 g/mol. The smallest absolute Gasteiger partial charge is 0.214 e. The van der Waals surface area contributed by atoms with Crippen molar-refractivity contribution in [3.05, 3.63) is 18.2 Å². The third-order valence-electron chi connectivity index (χ3n) is 3.70. The third kappa shape index (κ3) is 4.08. The zero-order valence-electron chi connectivity index (χ0n) is 12.5. The number of pyridine rings is 1. The van der Waals surface area contributed by atoms with Crippen LogP contribution in [0, 0.1) is 0 Å². The normalized spacial score (nSPS) is 19.1. The summed E-state index contributed by atoms with van der Waals surface area (Å²) in [5.74, 6) is 1.70. The molecule has 0 aliphatic carbocycles. The third-order valence-corrected chi connectivity index (χ3v) is 3.70. The van der Waals surface area contributed by atoms with Gasteiger partial charge in [0.15, 0.2) is 0 Å². The lowest BCUT2D eigenvalue weighted by atomic mass is 10.0. The first kappa shape index (κ1) is 15.1. The van der Waals surface area contributed by atoms with Crippen molar-refractivity contribution in [2.45, 2.75) is 25.3 Å². The minimum atomic E-state index is 0.500. The molecule has 5 heteroatoms. The zero-order valence-corrected chi connectivity index (χ0v) is 12.5. The predicted octanol–water partition coefficient (Wildman–Crippen LogP) is 1.69. The number of rotatable bonds is 7. The average molecular weight is 279 g/mol. The van der Waals surface area contributed by atoms with Crippen molar-refractivity contribution >= 4 is 5.82 Å². The van der Waals surface area contributed by atoms with Gasteiger partial charge in [-0.3, -0.25) is 0 Å². The van der Waals surface area contributed by atoms with Gasteiger partial charge >= 0.3 is 0 Å². The molecule has 20 heavy (non-hydrogen) atoms. The summed E-state index contributed by atoms with van der Waals surface area (Å²) in [6.07, 6.45) is 3.73. The number of ether oxygens (including phenoxy) is 2. The second-order valence-corrected chi connectivity index (χ2v) is 5.08. The topological polar surface area (TPSA) is 46.6 Å². The summed E-state index contributed by atoms with van der Waals surface area (Å²) in [6, 6.07) is 6.46. The largest absolute Gasteiger partial charge is 0.481 e. The van der Waals surface area contributed by atoms with Gasteiger partial charge in [0.1, 0.15) is 5.82 Å². The standard InChI is InChI=1S/C15H25N3O2/c1-19-11-9-16-12-13-6-3-4-10-18(13)14-7-5-8-15(17-14)20-2/h5,7-8,13,16H,3-4,6,9-12H2,1-2H3. The molecule has 1 fully saturated rings. The minimum Gasteiger partial charge on any atom is -0.481 e. The first-order valence-electron chi connectivity index (χ1n) is 7.32. The number of nitrogens with one attached hydrogen (secondary N) is 1. The lowest BCUT2D eigenvalue weighted by Crippen LogP contribution is -2.46. The summed E-state index contributed by atoms with van der Waals surface area (Å²) in [5, 5.41) is 3.46. The van der Waals surface area contributed by atoms with Crippen molar-refractivity contribution in [3.8, 4) is 5.88 Å². The average Bonchev–Trinajstić information content (AvgIpc) is 2.52. The number of aromatic nitrogens is 1. The van der Waals surface area contributed by atoms with Gasteiger partial charge in [-0.1, -0.05) is 6.07 Å². The molecule has 1 atom stereocenters. The Labute approximate surface area is 121 Å². The van der Waals surface area contributed by atoms with Crippen LogP contribution in [-0.2, 0) is 4.74 Å². The Morgan fingerprint density at radius 1 is 1.35 bits per heavy atom. The molecule has 1 saturated heterocycles. The van der Waals surface area contributed by atoms with Gasteiger partial charge in [-0.2, -0.15) is 4.98 Å². The molecule has 1 N–H and O–H groups in total. The fourth-order valence-electron chi connectivity index (χ4n) is 2.63. The molecule has 0 bridgehead atoms. The Kier molecular flexibility index (Phi) is 6.08. The SMILES string of the molecule is COCCNCC1CCCCN1c1cccc(OC)n1. The minimum absolute atomic E-state index is 0.500. The van der Waals surface area contributed by atoms with Gasteiger partial charge in [0.25, 0.3) is 0 Å². The summed E-state index contributed by atoms with van der Waals surface area (Å²) in [4.78, 5) is 6.96. The van der Waals surface area contributed by atoms with Gasteiger partial charge in [0.2, 0.25) is 5.88 Å². The summed E-state index contributed by atoms with van der Waals surface area (Å²) in [7, 11) is 3.39. The quantitative estimate of drug-likeness (QED) is 0.770. The van der Waals surface area contributed by atoms with Crippen LogP contribution in [0.3, 0.4) is 0 Å². The molecule has 1 aliphatic heterocycles. The van der Waals surface area contributed by atoms with Gasteiger partial charge in [-0.05, 0) is 25.3 Å². The molecule has 2 rings (SSSR count). The Hall–Kier alpha value is -1.33. The number of hydrogen-bond donors (Lipinski definition) is 1. The molecule has 2 heterocycles. The molecule has 1 unspecified atom stereocenters. The fraction of sp³-hybridized carbons (Fsp3) is 0.667. The Morgan fingerprint density at radius 2 is 2.25 bits per heavy atom. The predicted molar refractivity (Wildman–Crippen MR) is 80.5 cm³/mol. The van der Waals surface area contributed by atoms with Crippen molar-refractivity contribution in [2.24, 2.45) is 0 Å². The Morgan fingerprint density at radius 3 is 3.05 bits per heavy atom. The van der Waals surface area contributed by atoms with Crippen LogP contribution in [0.5, 0.6) is 5.88 Å². The van der Waals surface area contributed by atoms with E-state index >= 15 is 0 Å². The number of hydrogen-bond acceptors (Lipinski definition) is 5. The molecule has 1 aliphatic rings. The van der Waals surface area contributed by atoms with Crippen molar-refractivity contribution in [3.63, 3.8) is 0 Å². The maximum Gasteiger partial charge on any atom is 0.214 e. The highest BCUT2D eigenvalue weighted by Crippen LogP contribution is 2.24. The molecule has 1 aromatic heterocycles. The first-order valence-corrected chi connectivity index (χ1v) is 7.32. The van der Waals surface area contributed by atoms with Crippen LogP contribution >= 0.6 is 0 Å². The van der Waals surface area contributed by atoms with E-state index in [1.165, 1.54) is 19.3 Å². The van der Waals surface area contributed by atoms with Gasteiger partial charge in [0, 0.05) is 38.9 Å². The lowest BCUT2D eigenvalue weighted by molar-refractivity contribution is 0.198. The second kappa shape index (κ2) is 8.07. The van der Waals surface area contributed by atoms with E-state index in [1.54, 1.807) is 14.2 Å². The van der Waals surface area contributed by atoms with Crippen LogP contribution < -0.4 is 15.0 Å². The van der Waals surface area contributed by atoms with E-state index in [-0.39, 0.29) is 0 Å². The summed E-state index contributed by atoms with van der Waals surface area (Å²) < 4.78 is 10.3. The van der Waals surface area contributed by atoms with E-state index in [1.807, 2.05) is 12.1 Å². The highest BCUT2D eigenvalue weighted by atomic mass is 16.5. The molecule has 1 aromatic rings. The van der Waals surface area contributed by atoms with Gasteiger partial charge in [-0.15, -0.1) is 0 Å². The van der Waals surface area contributed by atoms with Crippen molar-refractivity contribution < 1.29 is 9.47 Å². The molecule has 112 valence electrons. The van der Waals surface area contributed by atoms with Crippen LogP contribution in [0.15, 0.2) is 18.2 Å². The highest BCUT2D eigenvalue weighted by molar-refractivity contribution is 5.42. The molecule has 0 aromatic carbocycles. The summed E-state index contributed by atoms with van der Waals surface area (Å²) >= 11 is 0. The highest BCUT2D eigenvalue weighted by Gasteiger charge is 2.23. The second-order valence-electron chi connectivity index (χ2n) is 5.08. The van der Waals surface area contributed by atoms with Gasteiger partial charge in [-0.25, -0.2) is 0 Å². The van der Waals surface area contributed by atoms with Crippen molar-refractivity contribution in [2.75, 3.05) is 45.4 Å². The molecule has 0 spiro atoms. The number of methoxy groups -OCH3 is 2. The molecule has 0 saturated carbocycles. The van der Waals surface area contributed by atoms with Gasteiger partial charge < -0.3 is 19.7 Å². The maximum atomic E-state index is 5.22. The van der Waals surface area contributed by atoms with E-state index in [4.69, 9.17) is 9.47 Å². The van der Waals surface area contributed by atoms with Crippen LogP contribution in [-0.4, -0.2) is 51.5 Å². The van der Waals surface area contributed by atoms with E-state index in [9.17, 15) is 0 Å². The maximum absolute atomic E-state index is 5.22. The van der Waals surface area contributed by atoms with Crippen LogP contribution in [0.25, 0.3) is 0 Å². The van der Waals surface area contributed by atoms with Gasteiger partial charge in [0.05, 0.1) is 13.7 Å². The van der Waals surface area contributed by atoms with E-state index < -0.39 is 0 Å². The number of nitrogens with zero attached hydrogens (tertiary/aromatic N) is 2. The molecule has 0 radical (unpaired) electrons. The van der Waals surface area contributed by atoms with Crippen LogP contribution in [0.4, 0.5) is 5.82 Å². The van der Waals surface area contributed by atoms with E-state index in [2.05, 4.69) is 21.3 Å². The Balaban J connectivity index is 1.98. The Bertz CT molecular complexity index is 400. The fourth-order valence-corrected chi connectivity index (χ4v) is 2.63. The zero-order chi connectivity index (χ0) is 14.2. The molecular formula is C15H25N3O2. The summed E-state index contributed by atoms with van der Waals surface area (Å²) in [5.41, 5.74) is 0. The van der Waals surface area contributed by atoms with Crippen LogP contribution in [0.2, 0.25) is 0 Å². The van der Waals surface area contributed by atoms with Crippen LogP contribution in [0.1, 0.15) is 19.3 Å². The lowest BCUT2D eigenvalue weighted by Gasteiger charge is -2.37. The molecular weight excluding hydrogens is 254 g/mol. The molecule has 5 nitrogen and oxygen atoms in total. The first-order chi connectivity index (χ1) is 9.85. The van der Waals surface area contributed by atoms with Crippen molar-refractivity contribution in [1.82, 2.24) is 10.3 Å². The van der Waals surface area contributed by atoms with E-state index in [0.717, 1.165) is 32.1 Å². The number of anilines is 1. The number of piperidine rings is 1. The summed E-state index contributed by atoms with van der Waals surface area (Å²) in [6.45, 7) is 3.69. The molecule has 0 amide bonds.